The summed E-state index contributed by atoms with van der Waals surface area (Å²) < 4.78 is 0. The van der Waals surface area contributed by atoms with Gasteiger partial charge in [0.1, 0.15) is 0 Å². The largest absolute Gasteiger partial charge is 0.348 e. The summed E-state index contributed by atoms with van der Waals surface area (Å²) in [6.07, 6.45) is 5.16. The van der Waals surface area contributed by atoms with Crippen LogP contribution in [0.1, 0.15) is 28.8 Å². The fourth-order valence-electron chi connectivity index (χ4n) is 2.83. The van der Waals surface area contributed by atoms with Crippen molar-refractivity contribution in [2.24, 2.45) is 0 Å². The van der Waals surface area contributed by atoms with Crippen LogP contribution in [0.3, 0.4) is 0 Å². The van der Waals surface area contributed by atoms with E-state index in [0.717, 1.165) is 24.9 Å². The first-order chi connectivity index (χ1) is 11.7. The number of rotatable bonds is 4. The molecule has 2 amide bonds. The lowest BCUT2D eigenvalue weighted by molar-refractivity contribution is -0.117. The molecule has 1 aromatic carbocycles. The van der Waals surface area contributed by atoms with Gasteiger partial charge in [0.25, 0.3) is 5.91 Å². The van der Waals surface area contributed by atoms with Crippen LogP contribution in [0.5, 0.6) is 0 Å². The Bertz CT molecular complexity index is 710. The van der Waals surface area contributed by atoms with Crippen LogP contribution < -0.4 is 5.32 Å². The highest BCUT2D eigenvalue weighted by molar-refractivity contribution is 7.08. The summed E-state index contributed by atoms with van der Waals surface area (Å²) in [6.45, 7) is 1.30. The Labute approximate surface area is 145 Å². The van der Waals surface area contributed by atoms with Gasteiger partial charge in [-0.1, -0.05) is 18.2 Å². The van der Waals surface area contributed by atoms with Crippen molar-refractivity contribution in [2.45, 2.75) is 18.9 Å². The first kappa shape index (κ1) is 16.5. The van der Waals surface area contributed by atoms with Crippen LogP contribution >= 0.6 is 11.3 Å². The Morgan fingerprint density at radius 3 is 2.79 bits per heavy atom. The molecule has 124 valence electrons. The van der Waals surface area contributed by atoms with E-state index in [-0.39, 0.29) is 17.9 Å². The second-order valence-electron chi connectivity index (χ2n) is 5.85. The Morgan fingerprint density at radius 2 is 2.04 bits per heavy atom. The predicted octanol–water partition coefficient (Wildman–Crippen LogP) is 3.18. The van der Waals surface area contributed by atoms with Gasteiger partial charge < -0.3 is 10.2 Å². The molecule has 1 aliphatic heterocycles. The average molecular weight is 340 g/mol. The molecule has 1 fully saturated rings. The summed E-state index contributed by atoms with van der Waals surface area (Å²) >= 11 is 1.60. The molecule has 1 aromatic heterocycles. The van der Waals surface area contributed by atoms with Crippen LogP contribution in [0, 0.1) is 0 Å². The average Bonchev–Trinajstić information content (AvgIpc) is 3.14. The van der Waals surface area contributed by atoms with Gasteiger partial charge in [-0.05, 0) is 53.4 Å². The lowest BCUT2D eigenvalue weighted by Gasteiger charge is -2.33. The van der Waals surface area contributed by atoms with Gasteiger partial charge in [-0.3, -0.25) is 9.59 Å². The van der Waals surface area contributed by atoms with Gasteiger partial charge >= 0.3 is 0 Å². The lowest BCUT2D eigenvalue weighted by atomic mass is 10.0. The van der Waals surface area contributed by atoms with Crippen molar-refractivity contribution in [3.63, 3.8) is 0 Å². The van der Waals surface area contributed by atoms with Crippen LogP contribution in [-0.2, 0) is 4.79 Å². The zero-order chi connectivity index (χ0) is 16.8. The Morgan fingerprint density at radius 1 is 1.21 bits per heavy atom. The zero-order valence-electron chi connectivity index (χ0n) is 13.4. The van der Waals surface area contributed by atoms with Gasteiger partial charge in [0, 0.05) is 30.8 Å². The third kappa shape index (κ3) is 4.32. The number of carbonyl (C=O) groups is 2. The lowest BCUT2D eigenvalue weighted by Crippen LogP contribution is -2.49. The molecule has 1 atom stereocenters. The molecule has 0 radical (unpaired) electrons. The Balaban J connectivity index is 1.55. The molecule has 0 spiro atoms. The van der Waals surface area contributed by atoms with Gasteiger partial charge in [0.15, 0.2) is 0 Å². The highest BCUT2D eigenvalue weighted by Gasteiger charge is 2.24. The summed E-state index contributed by atoms with van der Waals surface area (Å²) in [5.74, 6) is -0.0800. The zero-order valence-corrected chi connectivity index (χ0v) is 14.2. The molecular weight excluding hydrogens is 320 g/mol. The second kappa shape index (κ2) is 7.93. The van der Waals surface area contributed by atoms with E-state index in [1.165, 1.54) is 0 Å². The van der Waals surface area contributed by atoms with Crippen LogP contribution in [-0.4, -0.2) is 35.8 Å². The number of hydrogen-bond acceptors (Lipinski definition) is 3. The van der Waals surface area contributed by atoms with Crippen molar-refractivity contribution in [1.29, 1.82) is 0 Å². The normalized spacial score (nSPS) is 17.8. The fourth-order valence-corrected chi connectivity index (χ4v) is 3.46. The van der Waals surface area contributed by atoms with E-state index in [0.29, 0.717) is 12.1 Å². The Hall–Kier alpha value is -2.40. The minimum absolute atomic E-state index is 0.00559. The smallest absolute Gasteiger partial charge is 0.253 e. The van der Waals surface area contributed by atoms with Crippen molar-refractivity contribution in [3.05, 3.63) is 64.4 Å². The molecule has 1 aliphatic rings. The maximum atomic E-state index is 12.5. The fraction of sp³-hybridized carbons (Fsp3) is 0.263. The van der Waals surface area contributed by atoms with Crippen molar-refractivity contribution >= 4 is 29.2 Å². The molecule has 24 heavy (non-hydrogen) atoms. The van der Waals surface area contributed by atoms with Crippen molar-refractivity contribution in [2.75, 3.05) is 13.1 Å². The number of nitrogens with zero attached hydrogens (tertiary/aromatic N) is 1. The topological polar surface area (TPSA) is 49.4 Å². The van der Waals surface area contributed by atoms with Crippen LogP contribution in [0.25, 0.3) is 6.08 Å². The summed E-state index contributed by atoms with van der Waals surface area (Å²) in [5.41, 5.74) is 1.72. The third-order valence-corrected chi connectivity index (χ3v) is 4.75. The van der Waals surface area contributed by atoms with Gasteiger partial charge in [-0.25, -0.2) is 0 Å². The third-order valence-electron chi connectivity index (χ3n) is 4.05. The molecule has 0 bridgehead atoms. The summed E-state index contributed by atoms with van der Waals surface area (Å²) in [4.78, 5) is 26.4. The van der Waals surface area contributed by atoms with E-state index >= 15 is 0 Å². The number of amides is 2. The highest BCUT2D eigenvalue weighted by atomic mass is 32.1. The van der Waals surface area contributed by atoms with Crippen molar-refractivity contribution < 1.29 is 9.59 Å². The van der Waals surface area contributed by atoms with Crippen LogP contribution in [0.2, 0.25) is 0 Å². The molecule has 0 aliphatic carbocycles. The molecular formula is C19H20N2O2S. The minimum Gasteiger partial charge on any atom is -0.348 e. The summed E-state index contributed by atoms with van der Waals surface area (Å²) in [6, 6.07) is 11.3. The molecule has 2 aromatic rings. The standard InChI is InChI=1S/C19H20N2O2S/c22-18(9-8-15-10-12-24-14-15)20-17-7-4-11-21(13-17)19(23)16-5-2-1-3-6-16/h1-3,5-6,8-10,12,14,17H,4,7,11,13H2,(H,20,22)/b9-8+/t17-/m0/s1. The highest BCUT2D eigenvalue weighted by Crippen LogP contribution is 2.14. The van der Waals surface area contributed by atoms with Gasteiger partial charge in [0.2, 0.25) is 5.91 Å². The number of carbonyl (C=O) groups excluding carboxylic acids is 2. The van der Waals surface area contributed by atoms with E-state index in [1.54, 1.807) is 17.4 Å². The number of likely N-dealkylation sites (tertiary alicyclic amines) is 1. The van der Waals surface area contributed by atoms with Crippen molar-refractivity contribution in [1.82, 2.24) is 10.2 Å². The van der Waals surface area contributed by atoms with E-state index < -0.39 is 0 Å². The SMILES string of the molecule is O=C(/C=C/c1ccsc1)N[C@H]1CCCN(C(=O)c2ccccc2)C1. The quantitative estimate of drug-likeness (QED) is 0.869. The molecule has 0 saturated carbocycles. The maximum absolute atomic E-state index is 12.5. The first-order valence-corrected chi connectivity index (χ1v) is 9.02. The molecule has 5 heteroatoms. The number of benzene rings is 1. The molecule has 1 saturated heterocycles. The van der Waals surface area contributed by atoms with Gasteiger partial charge in [-0.2, -0.15) is 11.3 Å². The monoisotopic (exact) mass is 340 g/mol. The predicted molar refractivity (Wildman–Crippen MR) is 96.9 cm³/mol. The minimum atomic E-state index is -0.111. The number of thiophene rings is 1. The molecule has 3 rings (SSSR count). The second-order valence-corrected chi connectivity index (χ2v) is 6.63. The van der Waals surface area contributed by atoms with E-state index in [4.69, 9.17) is 0 Å². The number of hydrogen-bond donors (Lipinski definition) is 1. The molecule has 4 nitrogen and oxygen atoms in total. The summed E-state index contributed by atoms with van der Waals surface area (Å²) in [5, 5.41) is 6.97. The molecule has 1 N–H and O–H groups in total. The Kier molecular flexibility index (Phi) is 5.43. The van der Waals surface area contributed by atoms with Crippen LogP contribution in [0.15, 0.2) is 53.2 Å². The van der Waals surface area contributed by atoms with Gasteiger partial charge in [0.05, 0.1) is 0 Å². The van der Waals surface area contributed by atoms with E-state index in [1.807, 2.05) is 58.1 Å². The van der Waals surface area contributed by atoms with E-state index in [9.17, 15) is 9.59 Å². The van der Waals surface area contributed by atoms with Gasteiger partial charge in [-0.15, -0.1) is 0 Å². The van der Waals surface area contributed by atoms with Crippen LogP contribution in [0.4, 0.5) is 0 Å². The maximum Gasteiger partial charge on any atom is 0.253 e. The molecule has 2 heterocycles. The van der Waals surface area contributed by atoms with E-state index in [2.05, 4.69) is 5.32 Å². The molecule has 0 unspecified atom stereocenters. The summed E-state index contributed by atoms with van der Waals surface area (Å²) in [7, 11) is 0. The first-order valence-electron chi connectivity index (χ1n) is 8.07. The number of nitrogens with one attached hydrogen (secondary N) is 1. The number of piperidine rings is 1. The van der Waals surface area contributed by atoms with Crippen molar-refractivity contribution in [3.8, 4) is 0 Å².